The Morgan fingerprint density at radius 1 is 0.963 bits per heavy atom. The fourth-order valence-electron chi connectivity index (χ4n) is 5.43. The molecular weight excluding hydrogens is 334 g/mol. The highest BCUT2D eigenvalue weighted by Gasteiger charge is 2.62. The van der Waals surface area contributed by atoms with E-state index in [1.165, 1.54) is 31.1 Å². The van der Waals surface area contributed by atoms with Gasteiger partial charge in [0, 0.05) is 19.1 Å². The maximum atomic E-state index is 12.0. The van der Waals surface area contributed by atoms with Crippen LogP contribution in [0.25, 0.3) is 0 Å². The Bertz CT molecular complexity index is 731. The number of hydrogen-bond donors (Lipinski definition) is 0. The Hall–Kier alpha value is -2.13. The molecule has 2 aromatic carbocycles. The Morgan fingerprint density at radius 2 is 1.44 bits per heavy atom. The number of carbonyl (C=O) groups excluding carboxylic acids is 1. The predicted molar refractivity (Wildman–Crippen MR) is 107 cm³/mol. The smallest absolute Gasteiger partial charge is 0.311 e. The Balaban J connectivity index is 1.42. The van der Waals surface area contributed by atoms with Crippen LogP contribution < -0.4 is 0 Å². The number of nitrogens with zero attached hydrogens (tertiary/aromatic N) is 1. The Labute approximate surface area is 162 Å². The average Bonchev–Trinajstić information content (AvgIpc) is 2.64. The number of esters is 1. The molecule has 0 N–H and O–H groups in total. The van der Waals surface area contributed by atoms with Crippen LogP contribution in [-0.4, -0.2) is 24.0 Å². The van der Waals surface area contributed by atoms with Gasteiger partial charge in [-0.1, -0.05) is 60.7 Å². The van der Waals surface area contributed by atoms with Crippen LogP contribution in [-0.2, 0) is 22.6 Å². The fraction of sp³-hybridized carbons (Fsp3) is 0.458. The molecule has 2 aliphatic rings. The van der Waals surface area contributed by atoms with E-state index in [2.05, 4.69) is 72.5 Å². The molecule has 0 aliphatic heterocycles. The monoisotopic (exact) mass is 363 g/mol. The van der Waals surface area contributed by atoms with E-state index in [1.807, 2.05) is 0 Å². The summed E-state index contributed by atoms with van der Waals surface area (Å²) in [4.78, 5) is 14.6. The van der Waals surface area contributed by atoms with Crippen LogP contribution in [0.3, 0.4) is 0 Å². The number of rotatable bonds is 6. The van der Waals surface area contributed by atoms with E-state index in [9.17, 15) is 4.79 Å². The molecule has 2 aliphatic carbocycles. The third kappa shape index (κ3) is 3.66. The lowest BCUT2D eigenvalue weighted by molar-refractivity contribution is -0.183. The highest BCUT2D eigenvalue weighted by molar-refractivity contribution is 5.77. The van der Waals surface area contributed by atoms with Crippen molar-refractivity contribution in [1.29, 1.82) is 0 Å². The third-order valence-corrected chi connectivity index (χ3v) is 6.52. The summed E-state index contributed by atoms with van der Waals surface area (Å²) < 4.78 is 5.00. The standard InChI is InChI=1S/C24H29NO2/c1-23(22(26)27-2)17-24(18-23)13-21(14-24)25(15-19-9-5-3-6-10-19)16-20-11-7-4-8-12-20/h3-12,21H,13-18H2,1-2H3. The van der Waals surface area contributed by atoms with Gasteiger partial charge in [-0.05, 0) is 49.1 Å². The van der Waals surface area contributed by atoms with Gasteiger partial charge in [-0.25, -0.2) is 0 Å². The number of hydrogen-bond acceptors (Lipinski definition) is 3. The highest BCUT2D eigenvalue weighted by Crippen LogP contribution is 2.65. The van der Waals surface area contributed by atoms with E-state index in [4.69, 9.17) is 4.74 Å². The molecule has 0 heterocycles. The minimum absolute atomic E-state index is 0.0398. The van der Waals surface area contributed by atoms with Crippen LogP contribution in [0.2, 0.25) is 0 Å². The zero-order chi connectivity index (χ0) is 18.9. The van der Waals surface area contributed by atoms with Crippen molar-refractivity contribution >= 4 is 5.97 Å². The molecule has 0 aromatic heterocycles. The molecule has 2 saturated carbocycles. The second-order valence-corrected chi connectivity index (χ2v) is 8.84. The molecule has 3 nitrogen and oxygen atoms in total. The van der Waals surface area contributed by atoms with Crippen molar-refractivity contribution in [1.82, 2.24) is 4.90 Å². The second-order valence-electron chi connectivity index (χ2n) is 8.84. The molecule has 142 valence electrons. The van der Waals surface area contributed by atoms with Gasteiger partial charge in [0.2, 0.25) is 0 Å². The summed E-state index contributed by atoms with van der Waals surface area (Å²) in [5.74, 6) is -0.0398. The summed E-state index contributed by atoms with van der Waals surface area (Å²) in [6.07, 6.45) is 4.35. The van der Waals surface area contributed by atoms with Gasteiger partial charge in [0.25, 0.3) is 0 Å². The van der Waals surface area contributed by atoms with Crippen LogP contribution in [0.4, 0.5) is 0 Å². The van der Waals surface area contributed by atoms with Crippen LogP contribution in [0.15, 0.2) is 60.7 Å². The first-order chi connectivity index (χ1) is 13.0. The first kappa shape index (κ1) is 18.2. The van der Waals surface area contributed by atoms with Gasteiger partial charge in [-0.15, -0.1) is 0 Å². The van der Waals surface area contributed by atoms with Crippen molar-refractivity contribution in [3.8, 4) is 0 Å². The van der Waals surface area contributed by atoms with Gasteiger partial charge in [-0.2, -0.15) is 0 Å². The zero-order valence-electron chi connectivity index (χ0n) is 16.4. The minimum atomic E-state index is -0.261. The topological polar surface area (TPSA) is 29.5 Å². The van der Waals surface area contributed by atoms with Gasteiger partial charge in [-0.3, -0.25) is 9.69 Å². The molecule has 0 unspecified atom stereocenters. The molecule has 1 spiro atoms. The zero-order valence-corrected chi connectivity index (χ0v) is 16.4. The number of carbonyl (C=O) groups is 1. The molecule has 2 aromatic rings. The van der Waals surface area contributed by atoms with Crippen LogP contribution in [0, 0.1) is 10.8 Å². The van der Waals surface area contributed by atoms with Crippen LogP contribution in [0.1, 0.15) is 43.7 Å². The lowest BCUT2D eigenvalue weighted by Gasteiger charge is -2.63. The first-order valence-electron chi connectivity index (χ1n) is 9.92. The summed E-state index contributed by atoms with van der Waals surface area (Å²) in [7, 11) is 1.50. The van der Waals surface area contributed by atoms with Crippen molar-refractivity contribution in [2.45, 2.75) is 51.7 Å². The largest absolute Gasteiger partial charge is 0.469 e. The molecule has 2 fully saturated rings. The second kappa shape index (κ2) is 7.12. The van der Waals surface area contributed by atoms with Crippen molar-refractivity contribution in [3.05, 3.63) is 71.8 Å². The summed E-state index contributed by atoms with van der Waals surface area (Å²) in [5, 5.41) is 0. The fourth-order valence-corrected chi connectivity index (χ4v) is 5.43. The van der Waals surface area contributed by atoms with Crippen molar-refractivity contribution in [2.75, 3.05) is 7.11 Å². The van der Waals surface area contributed by atoms with E-state index < -0.39 is 0 Å². The summed E-state index contributed by atoms with van der Waals surface area (Å²) in [6, 6.07) is 22.1. The molecule has 0 radical (unpaired) electrons. The van der Waals surface area contributed by atoms with Crippen molar-refractivity contribution in [2.24, 2.45) is 10.8 Å². The SMILES string of the molecule is COC(=O)C1(C)CC2(CC(N(Cc3ccccc3)Cc3ccccc3)C2)C1. The molecule has 4 rings (SSSR count). The number of methoxy groups -OCH3 is 1. The van der Waals surface area contributed by atoms with Gasteiger partial charge in [0.1, 0.15) is 0 Å². The summed E-state index contributed by atoms with van der Waals surface area (Å²) >= 11 is 0. The van der Waals surface area contributed by atoms with E-state index in [-0.39, 0.29) is 11.4 Å². The number of benzene rings is 2. The van der Waals surface area contributed by atoms with Crippen LogP contribution in [0.5, 0.6) is 0 Å². The number of ether oxygens (including phenoxy) is 1. The van der Waals surface area contributed by atoms with Gasteiger partial charge in [0.05, 0.1) is 12.5 Å². The van der Waals surface area contributed by atoms with E-state index in [0.29, 0.717) is 11.5 Å². The van der Waals surface area contributed by atoms with E-state index in [1.54, 1.807) is 0 Å². The van der Waals surface area contributed by atoms with Gasteiger partial charge >= 0.3 is 5.97 Å². The van der Waals surface area contributed by atoms with E-state index >= 15 is 0 Å². The normalized spacial score (nSPS) is 29.2. The quantitative estimate of drug-likeness (QED) is 0.690. The predicted octanol–water partition coefficient (Wildman–Crippen LogP) is 4.81. The molecule has 3 heteroatoms. The van der Waals surface area contributed by atoms with Crippen molar-refractivity contribution < 1.29 is 9.53 Å². The Kier molecular flexibility index (Phi) is 4.81. The van der Waals surface area contributed by atoms with E-state index in [0.717, 1.165) is 25.9 Å². The average molecular weight is 364 g/mol. The Morgan fingerprint density at radius 3 is 1.89 bits per heavy atom. The molecule has 27 heavy (non-hydrogen) atoms. The first-order valence-corrected chi connectivity index (χ1v) is 9.92. The molecule has 0 amide bonds. The summed E-state index contributed by atoms with van der Waals surface area (Å²) in [6.45, 7) is 4.01. The lowest BCUT2D eigenvalue weighted by Crippen LogP contribution is -2.60. The van der Waals surface area contributed by atoms with Crippen LogP contribution >= 0.6 is 0 Å². The third-order valence-electron chi connectivity index (χ3n) is 6.52. The molecule has 0 bridgehead atoms. The lowest BCUT2D eigenvalue weighted by atomic mass is 9.44. The molecule has 0 saturated heterocycles. The maximum absolute atomic E-state index is 12.0. The van der Waals surface area contributed by atoms with Gasteiger partial charge in [0.15, 0.2) is 0 Å². The summed E-state index contributed by atoms with van der Waals surface area (Å²) in [5.41, 5.74) is 2.83. The minimum Gasteiger partial charge on any atom is -0.469 e. The maximum Gasteiger partial charge on any atom is 0.311 e. The van der Waals surface area contributed by atoms with Gasteiger partial charge < -0.3 is 4.74 Å². The molecular formula is C24H29NO2. The molecule has 0 atom stereocenters. The highest BCUT2D eigenvalue weighted by atomic mass is 16.5. The van der Waals surface area contributed by atoms with Crippen molar-refractivity contribution in [3.63, 3.8) is 0 Å².